The molecule has 0 amide bonds. The summed E-state index contributed by atoms with van der Waals surface area (Å²) in [5, 5.41) is 10.3. The van der Waals surface area contributed by atoms with Gasteiger partial charge in [-0.15, -0.1) is 0 Å². The molecule has 0 spiro atoms. The van der Waals surface area contributed by atoms with Gasteiger partial charge < -0.3 is 9.84 Å². The lowest BCUT2D eigenvalue weighted by molar-refractivity contribution is 0.317. The maximum atomic E-state index is 13.9. The van der Waals surface area contributed by atoms with Gasteiger partial charge in [0.2, 0.25) is 0 Å². The summed E-state index contributed by atoms with van der Waals surface area (Å²) in [6.45, 7) is 2.28. The van der Waals surface area contributed by atoms with E-state index >= 15 is 0 Å². The summed E-state index contributed by atoms with van der Waals surface area (Å²) in [5.41, 5.74) is 6.32. The summed E-state index contributed by atoms with van der Waals surface area (Å²) < 4.78 is 9.50. The summed E-state index contributed by atoms with van der Waals surface area (Å²) in [6, 6.07) is 19.9. The normalized spacial score (nSPS) is 16.6. The number of hydrogen-bond acceptors (Lipinski definition) is 5. The number of phenolic OH excluding ortho intramolecular Hbond substituents is 1. The van der Waals surface area contributed by atoms with Crippen molar-refractivity contribution in [2.45, 2.75) is 25.8 Å². The molecule has 4 aromatic rings. The van der Waals surface area contributed by atoms with E-state index in [1.54, 1.807) is 12.1 Å². The molecule has 0 saturated heterocycles. The summed E-state index contributed by atoms with van der Waals surface area (Å²) in [5.74, 6) is 0.415. The predicted octanol–water partition coefficient (Wildman–Crippen LogP) is 5.95. The smallest absolute Gasteiger partial charge is 0.271 e. The quantitative estimate of drug-likeness (QED) is 0.301. The zero-order valence-corrected chi connectivity index (χ0v) is 23.9. The van der Waals surface area contributed by atoms with Crippen LogP contribution in [0.2, 0.25) is 0 Å². The van der Waals surface area contributed by atoms with Crippen LogP contribution in [0.1, 0.15) is 41.6 Å². The van der Waals surface area contributed by atoms with Crippen LogP contribution in [0.4, 0.5) is 0 Å². The van der Waals surface area contributed by atoms with Crippen molar-refractivity contribution >= 4 is 55.0 Å². The topological polar surface area (TPSA) is 63.8 Å². The van der Waals surface area contributed by atoms with E-state index in [4.69, 9.17) is 9.73 Å². The Balaban J connectivity index is 1.59. The fourth-order valence-corrected chi connectivity index (χ4v) is 6.79. The first-order valence-electron chi connectivity index (χ1n) is 12.0. The third-order valence-corrected chi connectivity index (χ3v) is 8.82. The lowest BCUT2D eigenvalue weighted by atomic mass is 9.83. The van der Waals surface area contributed by atoms with E-state index in [1.807, 2.05) is 35.8 Å². The van der Waals surface area contributed by atoms with Crippen LogP contribution in [0.25, 0.3) is 11.8 Å². The van der Waals surface area contributed by atoms with Gasteiger partial charge in [-0.3, -0.25) is 9.36 Å². The maximum absolute atomic E-state index is 13.9. The molecule has 2 heterocycles. The summed E-state index contributed by atoms with van der Waals surface area (Å²) in [6.07, 6.45) is 3.61. The highest BCUT2D eigenvalue weighted by atomic mass is 79.9. The molecule has 0 radical (unpaired) electrons. The average Bonchev–Trinajstić information content (AvgIpc) is 3.20. The highest BCUT2D eigenvalue weighted by Crippen LogP contribution is 2.41. The fourth-order valence-electron chi connectivity index (χ4n) is 5.06. The van der Waals surface area contributed by atoms with Gasteiger partial charge in [0.15, 0.2) is 16.3 Å². The van der Waals surface area contributed by atoms with E-state index < -0.39 is 0 Å². The van der Waals surface area contributed by atoms with Crippen LogP contribution in [0.3, 0.4) is 0 Å². The van der Waals surface area contributed by atoms with E-state index in [0.717, 1.165) is 39.7 Å². The van der Waals surface area contributed by atoms with Gasteiger partial charge in [0.25, 0.3) is 5.56 Å². The van der Waals surface area contributed by atoms with Crippen molar-refractivity contribution in [1.29, 1.82) is 0 Å². The van der Waals surface area contributed by atoms with Gasteiger partial charge in [-0.05, 0) is 88.3 Å². The number of allylic oxidation sites excluding steroid dienone is 1. The van der Waals surface area contributed by atoms with Gasteiger partial charge in [-0.25, -0.2) is 4.99 Å². The Bertz CT molecular complexity index is 1750. The van der Waals surface area contributed by atoms with Crippen LogP contribution >= 0.6 is 43.2 Å². The van der Waals surface area contributed by atoms with Crippen LogP contribution in [-0.2, 0) is 6.42 Å². The van der Waals surface area contributed by atoms with E-state index in [-0.39, 0.29) is 17.4 Å². The van der Waals surface area contributed by atoms with E-state index in [1.165, 1.54) is 22.5 Å². The van der Waals surface area contributed by atoms with E-state index in [0.29, 0.717) is 26.2 Å². The first-order chi connectivity index (χ1) is 17.9. The van der Waals surface area contributed by atoms with Crippen molar-refractivity contribution in [3.8, 4) is 11.5 Å². The Morgan fingerprint density at radius 3 is 2.70 bits per heavy atom. The number of ether oxygens (including phenoxy) is 1. The Hall–Kier alpha value is -2.94. The molecular weight excluding hydrogens is 616 g/mol. The van der Waals surface area contributed by atoms with E-state index in [2.05, 4.69) is 62.2 Å². The molecular formula is C29H22Br2N2O3S. The number of hydrogen-bond donors (Lipinski definition) is 1. The summed E-state index contributed by atoms with van der Waals surface area (Å²) in [4.78, 5) is 19.7. The van der Waals surface area contributed by atoms with Crippen LogP contribution < -0.4 is 19.6 Å². The van der Waals surface area contributed by atoms with Crippen molar-refractivity contribution in [2.24, 2.45) is 4.99 Å². The van der Waals surface area contributed by atoms with Crippen LogP contribution in [0.15, 0.2) is 85.0 Å². The molecule has 0 saturated carbocycles. The molecule has 186 valence electrons. The first-order valence-corrected chi connectivity index (χ1v) is 14.4. The molecule has 1 aliphatic carbocycles. The zero-order valence-electron chi connectivity index (χ0n) is 19.9. The molecule has 5 nitrogen and oxygen atoms in total. The minimum absolute atomic E-state index is 0.0436. The second-order valence-electron chi connectivity index (χ2n) is 8.95. The zero-order chi connectivity index (χ0) is 25.7. The maximum Gasteiger partial charge on any atom is 0.271 e. The van der Waals surface area contributed by atoms with Gasteiger partial charge in [-0.1, -0.05) is 63.7 Å². The molecule has 6 rings (SSSR count). The van der Waals surface area contributed by atoms with Crippen molar-refractivity contribution in [1.82, 2.24) is 4.57 Å². The molecule has 1 aromatic heterocycles. The minimum atomic E-state index is -0.222. The largest absolute Gasteiger partial charge is 0.503 e. The SMILES string of the molecule is CCOc1cc(C=c2sc3n(c2=O)C(c2ccc(Br)cc2)C2=C(N=3)c3ccccc3CC2)cc(Br)c1O. The molecule has 1 atom stereocenters. The molecule has 3 aromatic carbocycles. The lowest BCUT2D eigenvalue weighted by Crippen LogP contribution is -2.38. The average molecular weight is 638 g/mol. The Morgan fingerprint density at radius 2 is 1.92 bits per heavy atom. The predicted molar refractivity (Wildman–Crippen MR) is 154 cm³/mol. The molecule has 0 bridgehead atoms. The van der Waals surface area contributed by atoms with Gasteiger partial charge in [0.1, 0.15) is 0 Å². The number of aromatic nitrogens is 1. The number of phenols is 1. The van der Waals surface area contributed by atoms with Crippen LogP contribution in [0, 0.1) is 0 Å². The Labute approximate surface area is 234 Å². The van der Waals surface area contributed by atoms with Crippen LogP contribution in [-0.4, -0.2) is 16.3 Å². The third kappa shape index (κ3) is 4.31. The van der Waals surface area contributed by atoms with Gasteiger partial charge in [0, 0.05) is 10.0 Å². The number of aryl methyl sites for hydroxylation is 1. The molecule has 1 unspecified atom stereocenters. The highest BCUT2D eigenvalue weighted by molar-refractivity contribution is 9.10. The Kier molecular flexibility index (Phi) is 6.42. The van der Waals surface area contributed by atoms with Gasteiger partial charge >= 0.3 is 0 Å². The molecule has 8 heteroatoms. The van der Waals surface area contributed by atoms with Crippen molar-refractivity contribution < 1.29 is 9.84 Å². The number of benzene rings is 3. The second-order valence-corrected chi connectivity index (χ2v) is 11.7. The first kappa shape index (κ1) is 24.4. The van der Waals surface area contributed by atoms with Crippen molar-refractivity contribution in [2.75, 3.05) is 6.61 Å². The molecule has 1 N–H and O–H groups in total. The van der Waals surface area contributed by atoms with Crippen molar-refractivity contribution in [3.63, 3.8) is 0 Å². The molecule has 1 aliphatic heterocycles. The van der Waals surface area contributed by atoms with Gasteiger partial charge in [-0.2, -0.15) is 0 Å². The van der Waals surface area contributed by atoms with Crippen molar-refractivity contribution in [3.05, 3.63) is 117 Å². The second kappa shape index (κ2) is 9.74. The lowest BCUT2D eigenvalue weighted by Gasteiger charge is -2.30. The highest BCUT2D eigenvalue weighted by Gasteiger charge is 2.32. The standard InChI is InChI=1S/C29H22Br2N2O3S/c1-2-36-23-14-16(13-22(31)27(23)34)15-24-28(35)33-26(18-7-10-19(30)11-8-18)21-12-9-17-5-3-4-6-20(17)25(21)32-29(33)37-24/h3-8,10-11,13-15,26,34H,2,9,12H2,1H3. The number of nitrogens with zero attached hydrogens (tertiary/aromatic N) is 2. The number of halogens is 2. The number of rotatable bonds is 4. The number of thiazole rings is 1. The van der Waals surface area contributed by atoms with Gasteiger partial charge in [0.05, 0.1) is 27.4 Å². The fraction of sp³-hybridized carbons (Fsp3) is 0.172. The third-order valence-electron chi connectivity index (χ3n) is 6.71. The minimum Gasteiger partial charge on any atom is -0.503 e. The monoisotopic (exact) mass is 636 g/mol. The molecule has 0 fully saturated rings. The van der Waals surface area contributed by atoms with E-state index in [9.17, 15) is 9.90 Å². The van der Waals surface area contributed by atoms with Crippen LogP contribution in [0.5, 0.6) is 11.5 Å². The molecule has 2 aliphatic rings. The number of aromatic hydroxyl groups is 1. The molecule has 37 heavy (non-hydrogen) atoms. The number of fused-ring (bicyclic) bond motifs is 3. The summed E-state index contributed by atoms with van der Waals surface area (Å²) in [7, 11) is 0. The summed E-state index contributed by atoms with van der Waals surface area (Å²) >= 11 is 8.32. The Morgan fingerprint density at radius 1 is 1.14 bits per heavy atom.